The van der Waals surface area contributed by atoms with Crippen LogP contribution in [-0.4, -0.2) is 49.1 Å². The van der Waals surface area contributed by atoms with Crippen molar-refractivity contribution in [1.29, 1.82) is 0 Å². The van der Waals surface area contributed by atoms with Gasteiger partial charge in [-0.15, -0.1) is 24.8 Å². The van der Waals surface area contributed by atoms with Gasteiger partial charge in [-0.25, -0.2) is 8.78 Å². The van der Waals surface area contributed by atoms with Crippen LogP contribution in [0.15, 0.2) is 18.2 Å². The van der Waals surface area contributed by atoms with E-state index >= 15 is 0 Å². The zero-order valence-electron chi connectivity index (χ0n) is 15.1. The Morgan fingerprint density at radius 1 is 1.19 bits per heavy atom. The van der Waals surface area contributed by atoms with Gasteiger partial charge in [-0.05, 0) is 62.9 Å². The van der Waals surface area contributed by atoms with E-state index in [0.717, 1.165) is 25.7 Å². The van der Waals surface area contributed by atoms with Gasteiger partial charge in [0, 0.05) is 18.6 Å². The van der Waals surface area contributed by atoms with Crippen LogP contribution < -0.4 is 10.6 Å². The first-order valence-electron chi connectivity index (χ1n) is 9.34. The maximum atomic E-state index is 13.8. The summed E-state index contributed by atoms with van der Waals surface area (Å²) in [6.45, 7) is 3.62. The lowest BCUT2D eigenvalue weighted by atomic mass is 9.73. The Labute approximate surface area is 171 Å². The topological polar surface area (TPSA) is 44.4 Å². The predicted octanol–water partition coefficient (Wildman–Crippen LogP) is 3.00. The highest BCUT2D eigenvalue weighted by Crippen LogP contribution is 2.38. The molecule has 3 aliphatic heterocycles. The van der Waals surface area contributed by atoms with Crippen molar-refractivity contribution >= 4 is 30.7 Å². The van der Waals surface area contributed by atoms with Crippen LogP contribution >= 0.6 is 24.8 Å². The highest BCUT2D eigenvalue weighted by molar-refractivity contribution is 5.94. The highest BCUT2D eigenvalue weighted by Gasteiger charge is 2.45. The Hall–Kier alpha value is -0.950. The lowest BCUT2D eigenvalue weighted by molar-refractivity contribution is -0.0371. The van der Waals surface area contributed by atoms with Gasteiger partial charge in [0.05, 0.1) is 5.56 Å². The van der Waals surface area contributed by atoms with E-state index in [0.29, 0.717) is 24.4 Å². The van der Waals surface area contributed by atoms with Gasteiger partial charge in [-0.1, -0.05) is 12.5 Å². The molecule has 3 heterocycles. The molecule has 1 aromatic rings. The third kappa shape index (κ3) is 4.39. The minimum Gasteiger partial charge on any atom is -0.350 e. The van der Waals surface area contributed by atoms with Crippen molar-refractivity contribution in [2.45, 2.75) is 37.8 Å². The summed E-state index contributed by atoms with van der Waals surface area (Å²) in [4.78, 5) is 14.9. The fourth-order valence-corrected chi connectivity index (χ4v) is 5.02. The smallest absolute Gasteiger partial charge is 0.254 e. The summed E-state index contributed by atoms with van der Waals surface area (Å²) >= 11 is 0. The van der Waals surface area contributed by atoms with E-state index in [4.69, 9.17) is 0 Å². The molecule has 4 atom stereocenters. The maximum absolute atomic E-state index is 13.8. The van der Waals surface area contributed by atoms with Crippen molar-refractivity contribution < 1.29 is 13.6 Å². The molecule has 0 unspecified atom stereocenters. The first kappa shape index (κ1) is 22.3. The number of halogens is 4. The predicted molar refractivity (Wildman–Crippen MR) is 106 cm³/mol. The number of benzene rings is 1. The molecule has 0 saturated carbocycles. The number of piperidine rings is 3. The first-order valence-corrected chi connectivity index (χ1v) is 9.34. The number of hydrogen-bond donors (Lipinski definition) is 2. The maximum Gasteiger partial charge on any atom is 0.254 e. The average molecular weight is 422 g/mol. The van der Waals surface area contributed by atoms with Gasteiger partial charge in [-0.3, -0.25) is 9.69 Å². The molecule has 3 saturated heterocycles. The number of carbonyl (C=O) groups is 1. The molecule has 152 valence electrons. The SMILES string of the molecule is Cl.Cl.O=C(NC[C@H]1[C@@H]2CNC[C@@H](C2)[C@@H]2CCCCN21)c1cccc(F)c1F. The highest BCUT2D eigenvalue weighted by atomic mass is 35.5. The fourth-order valence-electron chi connectivity index (χ4n) is 5.02. The first-order chi connectivity index (χ1) is 12.1. The summed E-state index contributed by atoms with van der Waals surface area (Å²) in [6, 6.07) is 4.58. The Morgan fingerprint density at radius 2 is 1.96 bits per heavy atom. The summed E-state index contributed by atoms with van der Waals surface area (Å²) in [5, 5.41) is 6.39. The second-order valence-electron chi connectivity index (χ2n) is 7.59. The van der Waals surface area contributed by atoms with Crippen LogP contribution in [0, 0.1) is 23.5 Å². The number of rotatable bonds is 3. The standard InChI is InChI=1S/C19H25F2N3O.2ClH/c20-15-5-3-4-14(18(15)21)19(25)23-11-17-13-8-12(9-22-10-13)16-6-1-2-7-24(16)17;;/h3-5,12-13,16-17,22H,1-2,6-11H2,(H,23,25);2*1H/t12-,13+,16+,17+;;/m1../s1. The lowest BCUT2D eigenvalue weighted by Crippen LogP contribution is -2.65. The van der Waals surface area contributed by atoms with Gasteiger partial charge in [0.2, 0.25) is 0 Å². The van der Waals surface area contributed by atoms with E-state index in [1.807, 2.05) is 0 Å². The molecule has 3 aliphatic rings. The molecule has 0 spiro atoms. The molecule has 1 aromatic carbocycles. The second-order valence-corrected chi connectivity index (χ2v) is 7.59. The van der Waals surface area contributed by atoms with Gasteiger partial charge in [0.15, 0.2) is 11.6 Å². The number of nitrogens with zero attached hydrogens (tertiary/aromatic N) is 1. The summed E-state index contributed by atoms with van der Waals surface area (Å²) in [5.41, 5.74) is -0.217. The Kier molecular flexibility index (Phi) is 7.86. The van der Waals surface area contributed by atoms with Crippen LogP contribution in [0.2, 0.25) is 0 Å². The van der Waals surface area contributed by atoms with Gasteiger partial charge in [-0.2, -0.15) is 0 Å². The molecule has 2 N–H and O–H groups in total. The Bertz CT molecular complexity index is 664. The van der Waals surface area contributed by atoms with Crippen molar-refractivity contribution in [3.8, 4) is 0 Å². The monoisotopic (exact) mass is 421 g/mol. The molecule has 0 aliphatic carbocycles. The molecule has 4 rings (SSSR count). The molecule has 0 radical (unpaired) electrons. The zero-order valence-corrected chi connectivity index (χ0v) is 16.8. The second kappa shape index (κ2) is 9.50. The number of nitrogens with one attached hydrogen (secondary N) is 2. The van der Waals surface area contributed by atoms with Gasteiger partial charge >= 0.3 is 0 Å². The van der Waals surface area contributed by atoms with E-state index in [1.165, 1.54) is 37.8 Å². The number of hydrogen-bond acceptors (Lipinski definition) is 3. The molecule has 4 nitrogen and oxygen atoms in total. The van der Waals surface area contributed by atoms with Crippen molar-refractivity contribution in [3.05, 3.63) is 35.4 Å². The van der Waals surface area contributed by atoms with Crippen molar-refractivity contribution in [2.75, 3.05) is 26.2 Å². The van der Waals surface area contributed by atoms with E-state index in [-0.39, 0.29) is 36.4 Å². The Balaban J connectivity index is 0.00000131. The molecule has 2 bridgehead atoms. The van der Waals surface area contributed by atoms with E-state index < -0.39 is 17.5 Å². The zero-order chi connectivity index (χ0) is 17.4. The van der Waals surface area contributed by atoms with Crippen LogP contribution in [0.1, 0.15) is 36.0 Å². The normalized spacial score (nSPS) is 29.7. The van der Waals surface area contributed by atoms with E-state index in [1.54, 1.807) is 0 Å². The molecule has 8 heteroatoms. The summed E-state index contributed by atoms with van der Waals surface area (Å²) < 4.78 is 27.2. The van der Waals surface area contributed by atoms with Gasteiger partial charge < -0.3 is 10.6 Å². The van der Waals surface area contributed by atoms with Crippen LogP contribution in [0.3, 0.4) is 0 Å². The molecule has 1 amide bonds. The third-order valence-electron chi connectivity index (χ3n) is 6.19. The number of carbonyl (C=O) groups excluding carboxylic acids is 1. The summed E-state index contributed by atoms with van der Waals surface area (Å²) in [6.07, 6.45) is 4.90. The quantitative estimate of drug-likeness (QED) is 0.788. The van der Waals surface area contributed by atoms with Gasteiger partial charge in [0.25, 0.3) is 5.91 Å². The molecule has 0 aromatic heterocycles. The largest absolute Gasteiger partial charge is 0.350 e. The Morgan fingerprint density at radius 3 is 2.78 bits per heavy atom. The van der Waals surface area contributed by atoms with Crippen LogP contribution in [0.4, 0.5) is 8.78 Å². The van der Waals surface area contributed by atoms with Crippen LogP contribution in [0.5, 0.6) is 0 Å². The minimum atomic E-state index is -1.07. The van der Waals surface area contributed by atoms with Crippen molar-refractivity contribution in [3.63, 3.8) is 0 Å². The van der Waals surface area contributed by atoms with E-state index in [9.17, 15) is 13.6 Å². The number of amides is 1. The molecular weight excluding hydrogens is 395 g/mol. The average Bonchev–Trinajstić information content (AvgIpc) is 2.64. The minimum absolute atomic E-state index is 0. The molecule has 3 fully saturated rings. The lowest BCUT2D eigenvalue weighted by Gasteiger charge is -2.55. The third-order valence-corrected chi connectivity index (χ3v) is 6.19. The summed E-state index contributed by atoms with van der Waals surface area (Å²) in [7, 11) is 0. The fraction of sp³-hybridized carbons (Fsp3) is 0.632. The van der Waals surface area contributed by atoms with Gasteiger partial charge in [0.1, 0.15) is 0 Å². The van der Waals surface area contributed by atoms with Crippen molar-refractivity contribution in [1.82, 2.24) is 15.5 Å². The number of fused-ring (bicyclic) bond motifs is 4. The van der Waals surface area contributed by atoms with Crippen LogP contribution in [0.25, 0.3) is 0 Å². The molecule has 27 heavy (non-hydrogen) atoms. The van der Waals surface area contributed by atoms with E-state index in [2.05, 4.69) is 15.5 Å². The molecular formula is C19H27Cl2F2N3O. The van der Waals surface area contributed by atoms with Crippen molar-refractivity contribution in [2.24, 2.45) is 11.8 Å². The van der Waals surface area contributed by atoms with Crippen LogP contribution in [-0.2, 0) is 0 Å². The summed E-state index contributed by atoms with van der Waals surface area (Å²) in [5.74, 6) is -1.38.